The highest BCUT2D eigenvalue weighted by Gasteiger charge is 2.48. The fourth-order valence-corrected chi connectivity index (χ4v) is 4.36. The van der Waals surface area contributed by atoms with E-state index >= 15 is 0 Å². The zero-order valence-corrected chi connectivity index (χ0v) is 25.1. The Hall–Kier alpha value is -2.92. The number of hydrogen-bond acceptors (Lipinski definition) is 8. The molecule has 0 saturated heterocycles. The first-order chi connectivity index (χ1) is 18.1. The zero-order valence-electron chi connectivity index (χ0n) is 25.1. The van der Waals surface area contributed by atoms with Crippen LogP contribution in [0.3, 0.4) is 0 Å². The predicted octanol–water partition coefficient (Wildman–Crippen LogP) is 4.87. The minimum Gasteiger partial charge on any atom is -0.391 e. The second kappa shape index (κ2) is 13.6. The van der Waals surface area contributed by atoms with Gasteiger partial charge in [-0.25, -0.2) is 0 Å². The van der Waals surface area contributed by atoms with Crippen molar-refractivity contribution in [2.75, 3.05) is 0 Å². The normalized spacial score (nSPS) is 15.7. The molecule has 2 aromatic rings. The Morgan fingerprint density at radius 3 is 1.32 bits per heavy atom. The van der Waals surface area contributed by atoms with E-state index in [1.54, 1.807) is 30.3 Å². The van der Waals surface area contributed by atoms with Crippen molar-refractivity contribution < 1.29 is 21.5 Å². The Balaban J connectivity index is 0.000000776. The summed E-state index contributed by atoms with van der Waals surface area (Å²) in [6, 6.07) is 18.8. The van der Waals surface area contributed by atoms with E-state index in [0.717, 1.165) is 5.56 Å². The van der Waals surface area contributed by atoms with Gasteiger partial charge in [-0.2, -0.15) is 0 Å². The Morgan fingerprint density at radius 1 is 0.650 bits per heavy atom. The van der Waals surface area contributed by atoms with Crippen molar-refractivity contribution >= 4 is 0 Å². The molecule has 4 atom stereocenters. The van der Waals surface area contributed by atoms with Gasteiger partial charge in [-0.15, -0.1) is 0 Å². The highest BCUT2D eigenvalue weighted by Crippen LogP contribution is 2.37. The summed E-state index contributed by atoms with van der Waals surface area (Å²) in [5.74, 6) is -0.561. The molecular weight excluding hydrogens is 512 g/mol. The molecule has 0 aromatic heterocycles. The third-order valence-electron chi connectivity index (χ3n) is 7.69. The van der Waals surface area contributed by atoms with Crippen molar-refractivity contribution in [2.45, 2.75) is 114 Å². The van der Waals surface area contributed by atoms with Crippen molar-refractivity contribution in [1.82, 2.24) is 0 Å². The lowest BCUT2D eigenvalue weighted by Gasteiger charge is -2.36. The largest absolute Gasteiger partial charge is 0.391 e. The van der Waals surface area contributed by atoms with Gasteiger partial charge in [0.1, 0.15) is 6.10 Å². The lowest BCUT2D eigenvalue weighted by Crippen LogP contribution is -2.49. The van der Waals surface area contributed by atoms with E-state index in [0.29, 0.717) is 12.0 Å². The summed E-state index contributed by atoms with van der Waals surface area (Å²) in [7, 11) is 0. The van der Waals surface area contributed by atoms with E-state index < -0.39 is 50.1 Å². The van der Waals surface area contributed by atoms with Gasteiger partial charge in [-0.3, -0.25) is 20.2 Å². The Morgan fingerprint density at radius 2 is 1.00 bits per heavy atom. The molecule has 10 heteroatoms. The third-order valence-corrected chi connectivity index (χ3v) is 7.69. The van der Waals surface area contributed by atoms with Crippen LogP contribution in [-0.4, -0.2) is 54.4 Å². The molecule has 226 valence electrons. The van der Waals surface area contributed by atoms with E-state index in [-0.39, 0.29) is 13.8 Å². The van der Waals surface area contributed by atoms with Gasteiger partial charge in [0.05, 0.1) is 12.0 Å². The predicted molar refractivity (Wildman–Crippen MR) is 160 cm³/mol. The Kier molecular flexibility index (Phi) is 12.0. The van der Waals surface area contributed by atoms with Gasteiger partial charge in [0.2, 0.25) is 11.1 Å². The molecule has 0 saturated carbocycles. The molecular formula is C30H50N4O6. The number of aliphatic hydroxyl groups excluding tert-OH is 2. The number of rotatable bonds is 12. The molecule has 0 heterocycles. The van der Waals surface area contributed by atoms with E-state index in [9.17, 15) is 30.4 Å². The second-order valence-corrected chi connectivity index (χ2v) is 12.9. The molecule has 6 N–H and O–H groups in total. The average molecular weight is 563 g/mol. The lowest BCUT2D eigenvalue weighted by molar-refractivity contribution is -0.578. The zero-order chi connectivity index (χ0) is 31.1. The summed E-state index contributed by atoms with van der Waals surface area (Å²) in [5.41, 5.74) is 10.1. The van der Waals surface area contributed by atoms with Crippen LogP contribution in [-0.2, 0) is 0 Å². The Bertz CT molecular complexity index is 1090. The van der Waals surface area contributed by atoms with E-state index in [2.05, 4.69) is 12.1 Å². The number of aliphatic hydroxyl groups is 2. The fourth-order valence-electron chi connectivity index (χ4n) is 4.36. The van der Waals surface area contributed by atoms with E-state index in [4.69, 9.17) is 11.5 Å². The van der Waals surface area contributed by atoms with E-state index in [1.165, 1.54) is 27.7 Å². The topological polar surface area (TPSA) is 179 Å². The SMILES string of the molecule is CC(C)(C(O)CC(c1ccccc1)C(C)(C)[N+](=O)[O-])[N+](=O)[O-].CC(C)(N)C(O)CC(c1ccccc1)C(C)(C)N.[HH]. The monoisotopic (exact) mass is 562 g/mol. The van der Waals surface area contributed by atoms with Crippen LogP contribution in [0.15, 0.2) is 60.7 Å². The van der Waals surface area contributed by atoms with Crippen molar-refractivity contribution in [2.24, 2.45) is 11.5 Å². The summed E-state index contributed by atoms with van der Waals surface area (Å²) in [6.07, 6.45) is -1.37. The highest BCUT2D eigenvalue weighted by molar-refractivity contribution is 5.24. The molecule has 0 fully saturated rings. The first-order valence-electron chi connectivity index (χ1n) is 13.5. The molecule has 0 aliphatic rings. The molecule has 0 aliphatic carbocycles. The van der Waals surface area contributed by atoms with Crippen LogP contribution >= 0.6 is 0 Å². The van der Waals surface area contributed by atoms with Crippen LogP contribution in [0, 0.1) is 20.2 Å². The Labute approximate surface area is 239 Å². The van der Waals surface area contributed by atoms with Crippen LogP contribution in [0.1, 0.15) is 92.6 Å². The van der Waals surface area contributed by atoms with Gasteiger partial charge in [0.15, 0.2) is 0 Å². The number of nitro groups is 2. The minimum atomic E-state index is -1.57. The number of nitrogens with zero attached hydrogens (tertiary/aromatic N) is 2. The quantitative estimate of drug-likeness (QED) is 0.209. The van der Waals surface area contributed by atoms with Crippen molar-refractivity contribution in [3.63, 3.8) is 0 Å². The maximum atomic E-state index is 11.4. The molecule has 0 bridgehead atoms. The molecule has 2 rings (SSSR count). The van der Waals surface area contributed by atoms with Crippen LogP contribution in [0.25, 0.3) is 0 Å². The van der Waals surface area contributed by atoms with Crippen LogP contribution < -0.4 is 11.5 Å². The summed E-state index contributed by atoms with van der Waals surface area (Å²) >= 11 is 0. The summed E-state index contributed by atoms with van der Waals surface area (Å²) in [4.78, 5) is 21.5. The maximum Gasteiger partial charge on any atom is 0.242 e. The first-order valence-corrected chi connectivity index (χ1v) is 13.5. The molecule has 10 nitrogen and oxygen atoms in total. The minimum absolute atomic E-state index is 0. The van der Waals surface area contributed by atoms with Gasteiger partial charge in [-0.05, 0) is 51.7 Å². The summed E-state index contributed by atoms with van der Waals surface area (Å²) < 4.78 is 0. The summed E-state index contributed by atoms with van der Waals surface area (Å²) in [6.45, 7) is 13.2. The molecule has 40 heavy (non-hydrogen) atoms. The fraction of sp³-hybridized carbons (Fsp3) is 0.600. The van der Waals surface area contributed by atoms with Gasteiger partial charge < -0.3 is 21.7 Å². The molecule has 4 unspecified atom stereocenters. The molecule has 0 aliphatic heterocycles. The standard InChI is InChI=1S/C15H22N2O5.C15H26N2O.H2/c1-14(2,16(19)20)12(11-8-6-5-7-9-11)10-13(18)15(3,4)17(21)22;1-14(2,16)12(10-13(18)15(3,4)17)11-8-6-5-7-9-11;/h5-9,12-13,18H,10H2,1-4H3;5-9,12-13,18H,10,16-17H2,1-4H3;1H. The van der Waals surface area contributed by atoms with Crippen LogP contribution in [0.4, 0.5) is 0 Å². The van der Waals surface area contributed by atoms with E-state index in [1.807, 2.05) is 45.9 Å². The van der Waals surface area contributed by atoms with Gasteiger partial charge in [-0.1, -0.05) is 60.7 Å². The van der Waals surface area contributed by atoms with Crippen molar-refractivity contribution in [3.8, 4) is 0 Å². The van der Waals surface area contributed by atoms with Gasteiger partial charge in [0.25, 0.3) is 0 Å². The van der Waals surface area contributed by atoms with Crippen molar-refractivity contribution in [3.05, 3.63) is 92.0 Å². The van der Waals surface area contributed by atoms with Crippen molar-refractivity contribution in [1.29, 1.82) is 0 Å². The molecule has 0 radical (unpaired) electrons. The lowest BCUT2D eigenvalue weighted by atomic mass is 9.76. The molecule has 0 amide bonds. The number of benzene rings is 2. The maximum absolute atomic E-state index is 11.4. The van der Waals surface area contributed by atoms with Crippen LogP contribution in [0.5, 0.6) is 0 Å². The first kappa shape index (κ1) is 35.1. The number of nitrogens with two attached hydrogens (primary N) is 2. The highest BCUT2D eigenvalue weighted by atomic mass is 16.6. The smallest absolute Gasteiger partial charge is 0.242 e. The second-order valence-electron chi connectivity index (χ2n) is 12.9. The molecule has 0 spiro atoms. The van der Waals surface area contributed by atoms with Gasteiger partial charge >= 0.3 is 0 Å². The third kappa shape index (κ3) is 9.62. The summed E-state index contributed by atoms with van der Waals surface area (Å²) in [5, 5.41) is 42.9. The van der Waals surface area contributed by atoms with Gasteiger partial charge in [0, 0.05) is 56.0 Å². The van der Waals surface area contributed by atoms with Crippen LogP contribution in [0.2, 0.25) is 0 Å². The average Bonchev–Trinajstić information content (AvgIpc) is 2.85. The number of hydrogen-bond donors (Lipinski definition) is 4. The molecule has 2 aromatic carbocycles.